The molecule has 0 aromatic carbocycles. The van der Waals surface area contributed by atoms with Crippen LogP contribution < -0.4 is 10.6 Å². The molecule has 1 heterocycles. The zero-order chi connectivity index (χ0) is 13.3. The van der Waals surface area contributed by atoms with Gasteiger partial charge in [0.15, 0.2) is 0 Å². The highest BCUT2D eigenvalue weighted by atomic mass is 15.3. The first-order valence-electron chi connectivity index (χ1n) is 7.58. The van der Waals surface area contributed by atoms with Crippen LogP contribution in [0.1, 0.15) is 58.3 Å². The van der Waals surface area contributed by atoms with Gasteiger partial charge in [-0.15, -0.1) is 5.10 Å². The van der Waals surface area contributed by atoms with Crippen molar-refractivity contribution in [1.82, 2.24) is 15.2 Å². The van der Waals surface area contributed by atoms with Crippen molar-refractivity contribution in [2.45, 2.75) is 64.3 Å². The van der Waals surface area contributed by atoms with Crippen molar-refractivity contribution in [2.75, 3.05) is 17.2 Å². The minimum absolute atomic E-state index is 0.509. The van der Waals surface area contributed by atoms with Crippen LogP contribution >= 0.6 is 0 Å². The van der Waals surface area contributed by atoms with E-state index in [4.69, 9.17) is 0 Å². The third-order valence-electron chi connectivity index (χ3n) is 3.58. The SMILES string of the molecule is CCCCNc1cnnc(NC2CCCCCC2)n1. The molecular formula is C14H25N5. The third-order valence-corrected chi connectivity index (χ3v) is 3.58. The zero-order valence-corrected chi connectivity index (χ0v) is 11.9. The summed E-state index contributed by atoms with van der Waals surface area (Å²) >= 11 is 0. The summed E-state index contributed by atoms with van der Waals surface area (Å²) in [5.74, 6) is 1.48. The molecule has 0 spiro atoms. The molecule has 5 heteroatoms. The van der Waals surface area contributed by atoms with Crippen molar-refractivity contribution >= 4 is 11.8 Å². The summed E-state index contributed by atoms with van der Waals surface area (Å²) in [7, 11) is 0. The lowest BCUT2D eigenvalue weighted by molar-refractivity contribution is 0.613. The zero-order valence-electron chi connectivity index (χ0n) is 11.9. The van der Waals surface area contributed by atoms with Crippen LogP contribution in [0, 0.1) is 0 Å². The van der Waals surface area contributed by atoms with Gasteiger partial charge in [-0.25, -0.2) is 0 Å². The van der Waals surface area contributed by atoms with Crippen LogP contribution in [-0.4, -0.2) is 27.8 Å². The molecular weight excluding hydrogens is 238 g/mol. The van der Waals surface area contributed by atoms with Gasteiger partial charge in [0.1, 0.15) is 5.82 Å². The Bertz CT molecular complexity index is 361. The second-order valence-corrected chi connectivity index (χ2v) is 5.28. The number of hydrogen-bond donors (Lipinski definition) is 2. The van der Waals surface area contributed by atoms with Crippen molar-refractivity contribution in [2.24, 2.45) is 0 Å². The molecule has 0 atom stereocenters. The second kappa shape index (κ2) is 7.92. The van der Waals surface area contributed by atoms with Crippen LogP contribution in [0.2, 0.25) is 0 Å². The Morgan fingerprint density at radius 2 is 2.00 bits per heavy atom. The van der Waals surface area contributed by atoms with E-state index in [1.807, 2.05) is 0 Å². The molecule has 5 nitrogen and oxygen atoms in total. The normalized spacial score (nSPS) is 16.9. The minimum Gasteiger partial charge on any atom is -0.369 e. The van der Waals surface area contributed by atoms with E-state index in [1.54, 1.807) is 6.20 Å². The summed E-state index contributed by atoms with van der Waals surface area (Å²) in [5, 5.41) is 14.8. The lowest BCUT2D eigenvalue weighted by atomic mass is 10.1. The van der Waals surface area contributed by atoms with Gasteiger partial charge in [0.2, 0.25) is 5.95 Å². The van der Waals surface area contributed by atoms with E-state index in [0.29, 0.717) is 12.0 Å². The van der Waals surface area contributed by atoms with E-state index in [2.05, 4.69) is 32.7 Å². The number of anilines is 2. The molecule has 0 bridgehead atoms. The number of nitrogens with one attached hydrogen (secondary N) is 2. The van der Waals surface area contributed by atoms with Gasteiger partial charge in [-0.1, -0.05) is 39.0 Å². The van der Waals surface area contributed by atoms with E-state index in [9.17, 15) is 0 Å². The molecule has 1 aliphatic carbocycles. The van der Waals surface area contributed by atoms with Gasteiger partial charge in [0, 0.05) is 12.6 Å². The Labute approximate surface area is 115 Å². The maximum Gasteiger partial charge on any atom is 0.244 e. The fraction of sp³-hybridized carbons (Fsp3) is 0.786. The molecule has 0 saturated heterocycles. The topological polar surface area (TPSA) is 62.7 Å². The van der Waals surface area contributed by atoms with Gasteiger partial charge in [0.05, 0.1) is 6.20 Å². The van der Waals surface area contributed by atoms with Crippen molar-refractivity contribution in [1.29, 1.82) is 0 Å². The monoisotopic (exact) mass is 263 g/mol. The summed E-state index contributed by atoms with van der Waals surface area (Å²) in [6, 6.07) is 0.509. The molecule has 2 N–H and O–H groups in total. The lowest BCUT2D eigenvalue weighted by Gasteiger charge is -2.16. The average Bonchev–Trinajstić information content (AvgIpc) is 2.68. The smallest absolute Gasteiger partial charge is 0.244 e. The van der Waals surface area contributed by atoms with Gasteiger partial charge < -0.3 is 10.6 Å². The summed E-state index contributed by atoms with van der Waals surface area (Å²) in [4.78, 5) is 4.47. The molecule has 1 fully saturated rings. The molecule has 0 aliphatic heterocycles. The molecule has 1 aromatic heterocycles. The van der Waals surface area contributed by atoms with E-state index in [0.717, 1.165) is 18.8 Å². The number of rotatable bonds is 6. The van der Waals surface area contributed by atoms with Crippen LogP contribution in [-0.2, 0) is 0 Å². The van der Waals surface area contributed by atoms with Crippen molar-refractivity contribution < 1.29 is 0 Å². The Kier molecular flexibility index (Phi) is 5.85. The molecule has 1 saturated carbocycles. The highest BCUT2D eigenvalue weighted by Crippen LogP contribution is 2.19. The largest absolute Gasteiger partial charge is 0.369 e. The van der Waals surface area contributed by atoms with Crippen LogP contribution in [0.25, 0.3) is 0 Å². The first kappa shape index (κ1) is 14.0. The third kappa shape index (κ3) is 5.01. The molecule has 106 valence electrons. The number of unbranched alkanes of at least 4 members (excludes halogenated alkanes) is 1. The number of nitrogens with zero attached hydrogens (tertiary/aromatic N) is 3. The second-order valence-electron chi connectivity index (χ2n) is 5.28. The Morgan fingerprint density at radius 1 is 1.21 bits per heavy atom. The fourth-order valence-corrected chi connectivity index (χ4v) is 2.45. The first-order valence-corrected chi connectivity index (χ1v) is 7.58. The minimum atomic E-state index is 0.509. The molecule has 1 aromatic rings. The summed E-state index contributed by atoms with van der Waals surface area (Å²) in [6.45, 7) is 3.12. The molecule has 0 unspecified atom stereocenters. The maximum atomic E-state index is 4.47. The first-order chi connectivity index (χ1) is 9.38. The quantitative estimate of drug-likeness (QED) is 0.609. The van der Waals surface area contributed by atoms with Crippen molar-refractivity contribution in [3.05, 3.63) is 6.20 Å². The standard InChI is InChI=1S/C14H25N5/c1-2-3-10-15-13-11-16-19-14(18-13)17-12-8-6-4-5-7-9-12/h11-12H,2-10H2,1H3,(H2,15,17,18,19). The number of hydrogen-bond acceptors (Lipinski definition) is 5. The maximum absolute atomic E-state index is 4.47. The summed E-state index contributed by atoms with van der Waals surface area (Å²) < 4.78 is 0. The Morgan fingerprint density at radius 3 is 2.74 bits per heavy atom. The van der Waals surface area contributed by atoms with Crippen LogP contribution in [0.4, 0.5) is 11.8 Å². The molecule has 19 heavy (non-hydrogen) atoms. The van der Waals surface area contributed by atoms with E-state index in [1.165, 1.54) is 44.9 Å². The van der Waals surface area contributed by atoms with Gasteiger partial charge in [-0.05, 0) is 19.3 Å². The summed E-state index contributed by atoms with van der Waals surface area (Å²) in [6.07, 6.45) is 11.8. The lowest BCUT2D eigenvalue weighted by Crippen LogP contribution is -2.20. The van der Waals surface area contributed by atoms with Gasteiger partial charge in [0.25, 0.3) is 0 Å². The predicted molar refractivity (Wildman–Crippen MR) is 78.3 cm³/mol. The van der Waals surface area contributed by atoms with E-state index >= 15 is 0 Å². The van der Waals surface area contributed by atoms with Gasteiger partial charge >= 0.3 is 0 Å². The highest BCUT2D eigenvalue weighted by molar-refractivity contribution is 5.37. The molecule has 0 radical (unpaired) electrons. The molecule has 2 rings (SSSR count). The summed E-state index contributed by atoms with van der Waals surface area (Å²) in [5.41, 5.74) is 0. The fourth-order valence-electron chi connectivity index (χ4n) is 2.45. The van der Waals surface area contributed by atoms with Crippen LogP contribution in [0.3, 0.4) is 0 Å². The molecule has 0 amide bonds. The molecule has 1 aliphatic rings. The Hall–Kier alpha value is -1.39. The van der Waals surface area contributed by atoms with Gasteiger partial charge in [-0.3, -0.25) is 0 Å². The van der Waals surface area contributed by atoms with Crippen LogP contribution in [0.5, 0.6) is 0 Å². The van der Waals surface area contributed by atoms with Gasteiger partial charge in [-0.2, -0.15) is 10.1 Å². The Balaban J connectivity index is 1.86. The average molecular weight is 263 g/mol. The van der Waals surface area contributed by atoms with E-state index in [-0.39, 0.29) is 0 Å². The number of aromatic nitrogens is 3. The van der Waals surface area contributed by atoms with E-state index < -0.39 is 0 Å². The van der Waals surface area contributed by atoms with Crippen LogP contribution in [0.15, 0.2) is 6.20 Å². The van der Waals surface area contributed by atoms with Crippen molar-refractivity contribution in [3.8, 4) is 0 Å². The predicted octanol–water partition coefficient (Wildman–Crippen LogP) is 3.22. The van der Waals surface area contributed by atoms with Crippen molar-refractivity contribution in [3.63, 3.8) is 0 Å². The highest BCUT2D eigenvalue weighted by Gasteiger charge is 2.13.